The minimum absolute atomic E-state index is 0.0283. The summed E-state index contributed by atoms with van der Waals surface area (Å²) < 4.78 is 0. The molecule has 0 radical (unpaired) electrons. The SMILES string of the molecule is CC1C(C(=O)O)CCN1CC(=O)NCCc1cccs1. The van der Waals surface area contributed by atoms with E-state index in [9.17, 15) is 9.59 Å². The summed E-state index contributed by atoms with van der Waals surface area (Å²) in [6, 6.07) is 3.98. The van der Waals surface area contributed by atoms with E-state index >= 15 is 0 Å². The Kier molecular flexibility index (Phi) is 5.14. The highest BCUT2D eigenvalue weighted by molar-refractivity contribution is 7.09. The molecule has 0 saturated carbocycles. The van der Waals surface area contributed by atoms with Gasteiger partial charge in [-0.15, -0.1) is 11.3 Å². The van der Waals surface area contributed by atoms with Gasteiger partial charge < -0.3 is 10.4 Å². The first-order chi connectivity index (χ1) is 9.58. The molecule has 2 rings (SSSR count). The fourth-order valence-electron chi connectivity index (χ4n) is 2.58. The van der Waals surface area contributed by atoms with E-state index in [0.29, 0.717) is 19.5 Å². The third kappa shape index (κ3) is 3.80. The maximum absolute atomic E-state index is 11.9. The highest BCUT2D eigenvalue weighted by atomic mass is 32.1. The average Bonchev–Trinajstić information content (AvgIpc) is 3.01. The highest BCUT2D eigenvalue weighted by Gasteiger charge is 2.36. The van der Waals surface area contributed by atoms with E-state index in [1.165, 1.54) is 4.88 Å². The zero-order chi connectivity index (χ0) is 14.5. The Morgan fingerprint density at radius 2 is 2.35 bits per heavy atom. The van der Waals surface area contributed by atoms with Gasteiger partial charge in [-0.05, 0) is 37.8 Å². The fraction of sp³-hybridized carbons (Fsp3) is 0.571. The number of amides is 1. The first-order valence-electron chi connectivity index (χ1n) is 6.84. The molecular formula is C14H20N2O3S. The number of carboxylic acids is 1. The number of nitrogens with one attached hydrogen (secondary N) is 1. The number of carboxylic acid groups (broad SMARTS) is 1. The summed E-state index contributed by atoms with van der Waals surface area (Å²) >= 11 is 1.68. The van der Waals surface area contributed by atoms with Crippen LogP contribution in [0.3, 0.4) is 0 Å². The van der Waals surface area contributed by atoms with Gasteiger partial charge in [-0.2, -0.15) is 0 Å². The van der Waals surface area contributed by atoms with Gasteiger partial charge in [-0.1, -0.05) is 6.07 Å². The van der Waals surface area contributed by atoms with Gasteiger partial charge >= 0.3 is 5.97 Å². The van der Waals surface area contributed by atoms with Crippen LogP contribution in [-0.2, 0) is 16.0 Å². The van der Waals surface area contributed by atoms with Gasteiger partial charge in [0.1, 0.15) is 0 Å². The molecule has 2 N–H and O–H groups in total. The minimum Gasteiger partial charge on any atom is -0.481 e. The Morgan fingerprint density at radius 1 is 1.55 bits per heavy atom. The summed E-state index contributed by atoms with van der Waals surface area (Å²) in [6.45, 7) is 3.47. The fourth-order valence-corrected chi connectivity index (χ4v) is 3.29. The van der Waals surface area contributed by atoms with Gasteiger partial charge in [0, 0.05) is 17.5 Å². The van der Waals surface area contributed by atoms with Gasteiger partial charge in [0.15, 0.2) is 0 Å². The van der Waals surface area contributed by atoms with Crippen LogP contribution in [0.1, 0.15) is 18.2 Å². The lowest BCUT2D eigenvalue weighted by atomic mass is 10.0. The zero-order valence-corrected chi connectivity index (χ0v) is 12.4. The smallest absolute Gasteiger partial charge is 0.308 e. The van der Waals surface area contributed by atoms with Crippen LogP contribution < -0.4 is 5.32 Å². The second-order valence-electron chi connectivity index (χ2n) is 5.12. The van der Waals surface area contributed by atoms with Crippen molar-refractivity contribution in [3.05, 3.63) is 22.4 Å². The standard InChI is InChI=1S/C14H20N2O3S/c1-10-12(14(18)19)5-7-16(10)9-13(17)15-6-4-11-3-2-8-20-11/h2-3,8,10,12H,4-7,9H2,1H3,(H,15,17)(H,18,19). The largest absolute Gasteiger partial charge is 0.481 e. The molecule has 0 spiro atoms. The van der Waals surface area contributed by atoms with Gasteiger partial charge in [-0.3, -0.25) is 14.5 Å². The monoisotopic (exact) mass is 296 g/mol. The first-order valence-corrected chi connectivity index (χ1v) is 7.72. The second kappa shape index (κ2) is 6.85. The van der Waals surface area contributed by atoms with E-state index in [2.05, 4.69) is 11.4 Å². The third-order valence-corrected chi connectivity index (χ3v) is 4.76. The van der Waals surface area contributed by atoms with Crippen LogP contribution in [0.25, 0.3) is 0 Å². The average molecular weight is 296 g/mol. The van der Waals surface area contributed by atoms with Crippen molar-refractivity contribution in [2.24, 2.45) is 5.92 Å². The maximum Gasteiger partial charge on any atom is 0.308 e. The van der Waals surface area contributed by atoms with Crippen molar-refractivity contribution in [2.75, 3.05) is 19.6 Å². The molecule has 1 aliphatic heterocycles. The minimum atomic E-state index is -0.766. The molecule has 2 heterocycles. The van der Waals surface area contributed by atoms with Crippen molar-refractivity contribution in [2.45, 2.75) is 25.8 Å². The van der Waals surface area contributed by atoms with E-state index < -0.39 is 5.97 Å². The molecule has 1 fully saturated rings. The van der Waals surface area contributed by atoms with Gasteiger partial charge in [-0.25, -0.2) is 0 Å². The first kappa shape index (κ1) is 15.0. The van der Waals surface area contributed by atoms with Crippen molar-refractivity contribution >= 4 is 23.2 Å². The Morgan fingerprint density at radius 3 is 2.95 bits per heavy atom. The molecule has 1 amide bonds. The molecule has 0 aliphatic carbocycles. The molecule has 110 valence electrons. The normalized spacial score (nSPS) is 22.9. The molecule has 5 nitrogen and oxygen atoms in total. The van der Waals surface area contributed by atoms with Crippen molar-refractivity contribution in [3.63, 3.8) is 0 Å². The number of carbonyl (C=O) groups excluding carboxylic acids is 1. The number of likely N-dealkylation sites (tertiary alicyclic amines) is 1. The number of carbonyl (C=O) groups is 2. The molecule has 6 heteroatoms. The molecule has 1 aromatic heterocycles. The summed E-state index contributed by atoms with van der Waals surface area (Å²) in [4.78, 5) is 26.1. The molecule has 20 heavy (non-hydrogen) atoms. The molecule has 2 atom stereocenters. The van der Waals surface area contributed by atoms with Crippen molar-refractivity contribution in [1.82, 2.24) is 10.2 Å². The van der Waals surface area contributed by atoms with Crippen LogP contribution in [0.15, 0.2) is 17.5 Å². The van der Waals surface area contributed by atoms with Crippen LogP contribution in [0, 0.1) is 5.92 Å². The topological polar surface area (TPSA) is 69.6 Å². The zero-order valence-electron chi connectivity index (χ0n) is 11.5. The van der Waals surface area contributed by atoms with E-state index in [-0.39, 0.29) is 24.4 Å². The van der Waals surface area contributed by atoms with Crippen molar-refractivity contribution < 1.29 is 14.7 Å². The van der Waals surface area contributed by atoms with E-state index in [0.717, 1.165) is 6.42 Å². The van der Waals surface area contributed by atoms with Crippen LogP contribution in [0.4, 0.5) is 0 Å². The lowest BCUT2D eigenvalue weighted by Gasteiger charge is -2.22. The molecule has 1 aromatic rings. The molecule has 0 aromatic carbocycles. The lowest BCUT2D eigenvalue weighted by Crippen LogP contribution is -2.41. The van der Waals surface area contributed by atoms with E-state index in [1.54, 1.807) is 11.3 Å². The summed E-state index contributed by atoms with van der Waals surface area (Å²) in [7, 11) is 0. The van der Waals surface area contributed by atoms with Crippen LogP contribution in [-0.4, -0.2) is 47.6 Å². The molecule has 0 bridgehead atoms. The summed E-state index contributed by atoms with van der Waals surface area (Å²) in [5.41, 5.74) is 0. The summed E-state index contributed by atoms with van der Waals surface area (Å²) in [6.07, 6.45) is 1.47. The predicted octanol–water partition coefficient (Wildman–Crippen LogP) is 1.20. The Hall–Kier alpha value is -1.40. The maximum atomic E-state index is 11.9. The Bertz CT molecular complexity index is 461. The van der Waals surface area contributed by atoms with Crippen LogP contribution in [0.5, 0.6) is 0 Å². The Balaban J connectivity index is 1.71. The van der Waals surface area contributed by atoms with Crippen LogP contribution in [0.2, 0.25) is 0 Å². The van der Waals surface area contributed by atoms with Crippen molar-refractivity contribution in [1.29, 1.82) is 0 Å². The molecular weight excluding hydrogens is 276 g/mol. The van der Waals surface area contributed by atoms with Gasteiger partial charge in [0.05, 0.1) is 12.5 Å². The number of hydrogen-bond acceptors (Lipinski definition) is 4. The van der Waals surface area contributed by atoms with E-state index in [1.807, 2.05) is 23.3 Å². The second-order valence-corrected chi connectivity index (χ2v) is 6.16. The summed E-state index contributed by atoms with van der Waals surface area (Å²) in [5, 5.41) is 14.0. The lowest BCUT2D eigenvalue weighted by molar-refractivity contribution is -0.142. The number of thiophene rings is 1. The van der Waals surface area contributed by atoms with Gasteiger partial charge in [0.25, 0.3) is 0 Å². The number of aliphatic carboxylic acids is 1. The quantitative estimate of drug-likeness (QED) is 0.827. The highest BCUT2D eigenvalue weighted by Crippen LogP contribution is 2.23. The molecule has 1 saturated heterocycles. The molecule has 2 unspecified atom stereocenters. The van der Waals surface area contributed by atoms with E-state index in [4.69, 9.17) is 5.11 Å². The van der Waals surface area contributed by atoms with Gasteiger partial charge in [0.2, 0.25) is 5.91 Å². The number of nitrogens with zero attached hydrogens (tertiary/aromatic N) is 1. The summed E-state index contributed by atoms with van der Waals surface area (Å²) in [5.74, 6) is -1.15. The van der Waals surface area contributed by atoms with Crippen molar-refractivity contribution in [3.8, 4) is 0 Å². The number of rotatable bonds is 6. The van der Waals surface area contributed by atoms with Crippen LogP contribution >= 0.6 is 11.3 Å². The molecule has 1 aliphatic rings. The predicted molar refractivity (Wildman–Crippen MR) is 77.8 cm³/mol. The Labute approximate surface area is 122 Å². The number of hydrogen-bond donors (Lipinski definition) is 2. The third-order valence-electron chi connectivity index (χ3n) is 3.82.